The number of hydrogen-bond donors (Lipinski definition) is 2. The van der Waals surface area contributed by atoms with E-state index in [0.717, 1.165) is 12.8 Å². The number of rotatable bonds is 5. The average molecular weight is 159 g/mol. The lowest BCUT2D eigenvalue weighted by Gasteiger charge is -2.00. The van der Waals surface area contributed by atoms with Gasteiger partial charge in [-0.3, -0.25) is 9.59 Å². The van der Waals surface area contributed by atoms with Crippen LogP contribution in [0.25, 0.3) is 0 Å². The fourth-order valence-electron chi connectivity index (χ4n) is 0.604. The number of carboxylic acids is 1. The first-order valence-electron chi connectivity index (χ1n) is 3.65. The van der Waals surface area contributed by atoms with Crippen LogP contribution in [0.3, 0.4) is 0 Å². The van der Waals surface area contributed by atoms with Crippen LogP contribution < -0.4 is 5.32 Å². The van der Waals surface area contributed by atoms with Gasteiger partial charge in [-0.05, 0) is 6.42 Å². The highest BCUT2D eigenvalue weighted by molar-refractivity contribution is 5.93. The Morgan fingerprint density at radius 1 is 1.45 bits per heavy atom. The molecule has 0 bridgehead atoms. The minimum Gasteiger partial charge on any atom is -0.481 e. The molecule has 0 heterocycles. The number of carboxylic acid groups (broad SMARTS) is 1. The van der Waals surface area contributed by atoms with Crippen LogP contribution in [0, 0.1) is 0 Å². The van der Waals surface area contributed by atoms with Crippen molar-refractivity contribution in [3.8, 4) is 0 Å². The lowest BCUT2D eigenvalue weighted by atomic mass is 10.3. The third-order valence-corrected chi connectivity index (χ3v) is 1.16. The number of unbranched alkanes of at least 4 members (excludes halogenated alkanes) is 1. The van der Waals surface area contributed by atoms with Gasteiger partial charge in [0, 0.05) is 6.54 Å². The Labute approximate surface area is 65.6 Å². The molecule has 0 aromatic carbocycles. The van der Waals surface area contributed by atoms with E-state index >= 15 is 0 Å². The quantitative estimate of drug-likeness (QED) is 0.450. The molecule has 4 heteroatoms. The van der Waals surface area contributed by atoms with Gasteiger partial charge in [0.2, 0.25) is 5.91 Å². The Hall–Kier alpha value is -1.06. The van der Waals surface area contributed by atoms with Crippen LogP contribution in [-0.2, 0) is 9.59 Å². The van der Waals surface area contributed by atoms with Crippen molar-refractivity contribution >= 4 is 11.9 Å². The monoisotopic (exact) mass is 159 g/mol. The Bertz CT molecular complexity index is 145. The van der Waals surface area contributed by atoms with Gasteiger partial charge in [-0.15, -0.1) is 0 Å². The number of hydrogen-bond acceptors (Lipinski definition) is 2. The normalized spacial score (nSPS) is 9.18. The molecule has 0 aromatic heterocycles. The second kappa shape index (κ2) is 5.70. The van der Waals surface area contributed by atoms with Gasteiger partial charge in [0.15, 0.2) is 0 Å². The number of carbonyl (C=O) groups excluding carboxylic acids is 1. The van der Waals surface area contributed by atoms with Crippen LogP contribution in [0.4, 0.5) is 0 Å². The molecule has 0 rings (SSSR count). The van der Waals surface area contributed by atoms with Gasteiger partial charge < -0.3 is 10.4 Å². The number of amides is 1. The first-order chi connectivity index (χ1) is 5.16. The lowest BCUT2D eigenvalue weighted by Crippen LogP contribution is -2.26. The second-order valence-electron chi connectivity index (χ2n) is 2.27. The van der Waals surface area contributed by atoms with Gasteiger partial charge in [0.1, 0.15) is 6.42 Å². The average Bonchev–Trinajstić information content (AvgIpc) is 1.86. The second-order valence-corrected chi connectivity index (χ2v) is 2.27. The van der Waals surface area contributed by atoms with E-state index in [-0.39, 0.29) is 0 Å². The van der Waals surface area contributed by atoms with E-state index in [9.17, 15) is 9.59 Å². The summed E-state index contributed by atoms with van der Waals surface area (Å²) in [6.07, 6.45) is 1.46. The molecule has 0 fully saturated rings. The van der Waals surface area contributed by atoms with Crippen molar-refractivity contribution in [3.63, 3.8) is 0 Å². The molecule has 1 amide bonds. The molecule has 0 saturated carbocycles. The van der Waals surface area contributed by atoms with Gasteiger partial charge >= 0.3 is 5.97 Å². The van der Waals surface area contributed by atoms with Crippen molar-refractivity contribution in [3.05, 3.63) is 0 Å². The van der Waals surface area contributed by atoms with Gasteiger partial charge in [-0.25, -0.2) is 0 Å². The number of aliphatic carboxylic acids is 1. The Balaban J connectivity index is 3.30. The van der Waals surface area contributed by atoms with Crippen LogP contribution in [-0.4, -0.2) is 23.5 Å². The fourth-order valence-corrected chi connectivity index (χ4v) is 0.604. The molecule has 11 heavy (non-hydrogen) atoms. The molecule has 0 aliphatic rings. The largest absolute Gasteiger partial charge is 0.481 e. The van der Waals surface area contributed by atoms with E-state index in [0.29, 0.717) is 6.54 Å². The van der Waals surface area contributed by atoms with Crippen molar-refractivity contribution in [2.24, 2.45) is 0 Å². The van der Waals surface area contributed by atoms with Crippen LogP contribution >= 0.6 is 0 Å². The molecule has 2 N–H and O–H groups in total. The minimum absolute atomic E-state index is 0.411. The zero-order valence-electron chi connectivity index (χ0n) is 6.59. The van der Waals surface area contributed by atoms with Crippen LogP contribution in [0.15, 0.2) is 0 Å². The maximum absolute atomic E-state index is 10.6. The molecule has 0 spiro atoms. The van der Waals surface area contributed by atoms with Crippen molar-refractivity contribution in [1.82, 2.24) is 5.32 Å². The standard InChI is InChI=1S/C7H13NO3/c1-2-3-4-8-6(9)5-7(10)11/h2-5H2,1H3,(H,8,9)(H,10,11). The summed E-state index contributed by atoms with van der Waals surface area (Å²) in [5.74, 6) is -1.50. The van der Waals surface area contributed by atoms with Crippen molar-refractivity contribution < 1.29 is 14.7 Å². The minimum atomic E-state index is -1.08. The van der Waals surface area contributed by atoms with E-state index in [2.05, 4.69) is 5.32 Å². The summed E-state index contributed by atoms with van der Waals surface area (Å²) < 4.78 is 0. The summed E-state index contributed by atoms with van der Waals surface area (Å²) >= 11 is 0. The smallest absolute Gasteiger partial charge is 0.312 e. The molecule has 4 nitrogen and oxygen atoms in total. The summed E-state index contributed by atoms with van der Waals surface area (Å²) in [5, 5.41) is 10.7. The van der Waals surface area contributed by atoms with Gasteiger partial charge in [-0.2, -0.15) is 0 Å². The Morgan fingerprint density at radius 2 is 2.09 bits per heavy atom. The molecule has 0 aromatic rings. The van der Waals surface area contributed by atoms with E-state index in [1.807, 2.05) is 6.92 Å². The molecule has 64 valence electrons. The highest BCUT2D eigenvalue weighted by atomic mass is 16.4. The predicted octanol–water partition coefficient (Wildman–Crippen LogP) is 0.377. The molecule has 0 aliphatic heterocycles. The first-order valence-corrected chi connectivity index (χ1v) is 3.65. The molecule has 0 atom stereocenters. The van der Waals surface area contributed by atoms with Gasteiger partial charge in [0.05, 0.1) is 0 Å². The van der Waals surface area contributed by atoms with Crippen molar-refractivity contribution in [1.29, 1.82) is 0 Å². The predicted molar refractivity (Wildman–Crippen MR) is 40.2 cm³/mol. The molecule has 0 aliphatic carbocycles. The van der Waals surface area contributed by atoms with E-state index in [4.69, 9.17) is 5.11 Å². The van der Waals surface area contributed by atoms with Crippen LogP contribution in [0.5, 0.6) is 0 Å². The fraction of sp³-hybridized carbons (Fsp3) is 0.714. The van der Waals surface area contributed by atoms with Gasteiger partial charge in [-0.1, -0.05) is 13.3 Å². The number of nitrogens with one attached hydrogen (secondary N) is 1. The molecule has 0 radical (unpaired) electrons. The Morgan fingerprint density at radius 3 is 2.55 bits per heavy atom. The SMILES string of the molecule is CCCCNC(=O)CC(=O)O. The van der Waals surface area contributed by atoms with E-state index in [1.165, 1.54) is 0 Å². The summed E-state index contributed by atoms with van der Waals surface area (Å²) in [7, 11) is 0. The zero-order valence-corrected chi connectivity index (χ0v) is 6.59. The molecule has 0 unspecified atom stereocenters. The first kappa shape index (κ1) is 9.94. The summed E-state index contributed by atoms with van der Waals surface area (Å²) in [6.45, 7) is 2.58. The molecule has 0 saturated heterocycles. The third kappa shape index (κ3) is 6.83. The summed E-state index contributed by atoms with van der Waals surface area (Å²) in [6, 6.07) is 0. The van der Waals surface area contributed by atoms with E-state index < -0.39 is 18.3 Å². The Kier molecular flexibility index (Phi) is 5.15. The summed E-state index contributed by atoms with van der Waals surface area (Å²) in [4.78, 5) is 20.6. The maximum Gasteiger partial charge on any atom is 0.312 e. The summed E-state index contributed by atoms with van der Waals surface area (Å²) in [5.41, 5.74) is 0. The highest BCUT2D eigenvalue weighted by Crippen LogP contribution is 1.84. The van der Waals surface area contributed by atoms with Crippen molar-refractivity contribution in [2.45, 2.75) is 26.2 Å². The van der Waals surface area contributed by atoms with Gasteiger partial charge in [0.25, 0.3) is 0 Å². The molecular formula is C7H13NO3. The van der Waals surface area contributed by atoms with Crippen molar-refractivity contribution in [2.75, 3.05) is 6.54 Å². The molecular weight excluding hydrogens is 146 g/mol. The maximum atomic E-state index is 10.6. The number of carbonyl (C=O) groups is 2. The van der Waals surface area contributed by atoms with Crippen LogP contribution in [0.1, 0.15) is 26.2 Å². The highest BCUT2D eigenvalue weighted by Gasteiger charge is 2.04. The topological polar surface area (TPSA) is 66.4 Å². The van der Waals surface area contributed by atoms with E-state index in [1.54, 1.807) is 0 Å². The third-order valence-electron chi connectivity index (χ3n) is 1.16. The lowest BCUT2D eigenvalue weighted by molar-refractivity contribution is -0.140. The zero-order chi connectivity index (χ0) is 8.69. The van der Waals surface area contributed by atoms with Crippen LogP contribution in [0.2, 0.25) is 0 Å².